The number of hydrogen-bond donors (Lipinski definition) is 1. The molecule has 2 aromatic heterocycles. The van der Waals surface area contributed by atoms with E-state index in [0.717, 1.165) is 16.3 Å². The Hall–Kier alpha value is -1.18. The summed E-state index contributed by atoms with van der Waals surface area (Å²) in [5.41, 5.74) is 0. The van der Waals surface area contributed by atoms with E-state index in [4.69, 9.17) is 4.42 Å². The molecule has 0 bridgehead atoms. The molecule has 86 valence electrons. The Morgan fingerprint density at radius 1 is 1.56 bits per heavy atom. The second-order valence-corrected chi connectivity index (χ2v) is 6.33. The Bertz CT molecular complexity index is 557. The molecule has 0 saturated heterocycles. The van der Waals surface area contributed by atoms with Crippen molar-refractivity contribution in [3.63, 3.8) is 0 Å². The lowest BCUT2D eigenvalue weighted by Crippen LogP contribution is -2.22. The first-order valence-electron chi connectivity index (χ1n) is 4.52. The summed E-state index contributed by atoms with van der Waals surface area (Å²) in [5.74, 6) is 0.574. The first kappa shape index (κ1) is 11.3. The molecular weight excluding hydrogens is 248 g/mol. The lowest BCUT2D eigenvalue weighted by Gasteiger charge is -2.01. The van der Waals surface area contributed by atoms with Crippen molar-refractivity contribution in [3.8, 4) is 0 Å². The summed E-state index contributed by atoms with van der Waals surface area (Å²) in [7, 11) is -3.47. The molecule has 0 unspecified atom stereocenters. The van der Waals surface area contributed by atoms with E-state index in [9.17, 15) is 8.42 Å². The zero-order valence-electron chi connectivity index (χ0n) is 8.50. The molecule has 0 spiro atoms. The standard InChI is InChI=1S/C9H10N2O3S2/c1-7-10-6-9(15-7)16(12,13)11-5-8-3-2-4-14-8/h2-4,6,11H,5H2,1H3. The third-order valence-corrected chi connectivity index (χ3v) is 4.66. The van der Waals surface area contributed by atoms with E-state index >= 15 is 0 Å². The van der Waals surface area contributed by atoms with Crippen molar-refractivity contribution in [2.75, 3.05) is 0 Å². The molecule has 0 aromatic carbocycles. The maximum absolute atomic E-state index is 11.8. The van der Waals surface area contributed by atoms with Gasteiger partial charge in [-0.3, -0.25) is 0 Å². The van der Waals surface area contributed by atoms with Crippen molar-refractivity contribution in [2.24, 2.45) is 0 Å². The normalized spacial score (nSPS) is 11.8. The topological polar surface area (TPSA) is 72.2 Å². The second kappa shape index (κ2) is 4.36. The Morgan fingerprint density at radius 3 is 2.94 bits per heavy atom. The van der Waals surface area contributed by atoms with Crippen molar-refractivity contribution in [3.05, 3.63) is 35.4 Å². The molecule has 2 aromatic rings. The average molecular weight is 258 g/mol. The number of thiazole rings is 1. The van der Waals surface area contributed by atoms with Gasteiger partial charge in [0.15, 0.2) is 4.21 Å². The van der Waals surface area contributed by atoms with Crippen LogP contribution < -0.4 is 4.72 Å². The zero-order chi connectivity index (χ0) is 11.6. The van der Waals surface area contributed by atoms with Crippen molar-refractivity contribution in [2.45, 2.75) is 17.7 Å². The van der Waals surface area contributed by atoms with Gasteiger partial charge in [-0.2, -0.15) is 0 Å². The number of aromatic nitrogens is 1. The minimum Gasteiger partial charge on any atom is -0.468 e. The van der Waals surface area contributed by atoms with Gasteiger partial charge in [0.05, 0.1) is 24.0 Å². The fraction of sp³-hybridized carbons (Fsp3) is 0.222. The molecule has 0 aliphatic carbocycles. The van der Waals surface area contributed by atoms with Crippen LogP contribution in [0.1, 0.15) is 10.8 Å². The number of sulfonamides is 1. The van der Waals surface area contributed by atoms with Crippen molar-refractivity contribution < 1.29 is 12.8 Å². The van der Waals surface area contributed by atoms with Gasteiger partial charge in [-0.15, -0.1) is 11.3 Å². The maximum atomic E-state index is 11.8. The van der Waals surface area contributed by atoms with E-state index in [0.29, 0.717) is 5.76 Å². The van der Waals surface area contributed by atoms with Crippen LogP contribution in [0, 0.1) is 6.92 Å². The molecule has 0 radical (unpaired) electrons. The van der Waals surface area contributed by atoms with Crippen molar-refractivity contribution >= 4 is 21.4 Å². The Labute approximate surface area is 97.2 Å². The van der Waals surface area contributed by atoms with E-state index < -0.39 is 10.0 Å². The number of hydrogen-bond acceptors (Lipinski definition) is 5. The molecule has 7 heteroatoms. The van der Waals surface area contributed by atoms with E-state index in [1.807, 2.05) is 0 Å². The van der Waals surface area contributed by atoms with Crippen LogP contribution in [0.4, 0.5) is 0 Å². The molecule has 0 aliphatic rings. The van der Waals surface area contributed by atoms with Gasteiger partial charge in [0.25, 0.3) is 10.0 Å². The Morgan fingerprint density at radius 2 is 2.38 bits per heavy atom. The predicted molar refractivity (Wildman–Crippen MR) is 59.6 cm³/mol. The fourth-order valence-electron chi connectivity index (χ4n) is 1.12. The van der Waals surface area contributed by atoms with Gasteiger partial charge in [0.2, 0.25) is 0 Å². The minimum atomic E-state index is -3.47. The van der Waals surface area contributed by atoms with Gasteiger partial charge < -0.3 is 4.42 Å². The van der Waals surface area contributed by atoms with Crippen molar-refractivity contribution in [1.82, 2.24) is 9.71 Å². The quantitative estimate of drug-likeness (QED) is 0.902. The Balaban J connectivity index is 2.09. The van der Waals surface area contributed by atoms with Crippen LogP contribution in [0.3, 0.4) is 0 Å². The molecule has 16 heavy (non-hydrogen) atoms. The summed E-state index contributed by atoms with van der Waals surface area (Å²) in [4.78, 5) is 3.90. The number of rotatable bonds is 4. The first-order valence-corrected chi connectivity index (χ1v) is 6.82. The highest BCUT2D eigenvalue weighted by Gasteiger charge is 2.16. The molecule has 5 nitrogen and oxygen atoms in total. The van der Waals surface area contributed by atoms with Crippen LogP contribution in [0.5, 0.6) is 0 Å². The Kier molecular flexibility index (Phi) is 3.08. The number of furan rings is 1. The SMILES string of the molecule is Cc1ncc(S(=O)(=O)NCc2ccco2)s1. The summed E-state index contributed by atoms with van der Waals surface area (Å²) in [6.45, 7) is 1.91. The minimum absolute atomic E-state index is 0.145. The van der Waals surface area contributed by atoms with Crippen LogP contribution in [0.2, 0.25) is 0 Å². The van der Waals surface area contributed by atoms with Gasteiger partial charge in [-0.1, -0.05) is 0 Å². The highest BCUT2D eigenvalue weighted by molar-refractivity contribution is 7.91. The molecule has 2 rings (SSSR count). The molecule has 0 aliphatic heterocycles. The molecular formula is C9H10N2O3S2. The van der Waals surface area contributed by atoms with Gasteiger partial charge in [0, 0.05) is 0 Å². The third-order valence-electron chi connectivity index (χ3n) is 1.88. The number of aryl methyl sites for hydroxylation is 1. The highest BCUT2D eigenvalue weighted by Crippen LogP contribution is 2.17. The average Bonchev–Trinajstić information content (AvgIpc) is 2.85. The molecule has 1 N–H and O–H groups in total. The largest absolute Gasteiger partial charge is 0.468 e. The van der Waals surface area contributed by atoms with E-state index in [-0.39, 0.29) is 10.8 Å². The number of nitrogens with zero attached hydrogens (tertiary/aromatic N) is 1. The molecule has 0 saturated carbocycles. The first-order chi connectivity index (χ1) is 7.58. The summed E-state index contributed by atoms with van der Waals surface area (Å²) in [6.07, 6.45) is 2.85. The lowest BCUT2D eigenvalue weighted by atomic mass is 10.5. The third kappa shape index (κ3) is 2.49. The van der Waals surface area contributed by atoms with Crippen LogP contribution >= 0.6 is 11.3 Å². The van der Waals surface area contributed by atoms with E-state index in [1.54, 1.807) is 19.1 Å². The summed E-state index contributed by atoms with van der Waals surface area (Å²) < 4.78 is 31.2. The smallest absolute Gasteiger partial charge is 0.252 e. The van der Waals surface area contributed by atoms with E-state index in [1.165, 1.54) is 12.5 Å². The monoisotopic (exact) mass is 258 g/mol. The van der Waals surface area contributed by atoms with Gasteiger partial charge in [-0.25, -0.2) is 18.1 Å². The molecule has 0 atom stereocenters. The molecule has 0 fully saturated rings. The summed E-state index contributed by atoms with van der Waals surface area (Å²) >= 11 is 1.14. The van der Waals surface area contributed by atoms with Gasteiger partial charge in [-0.05, 0) is 19.1 Å². The van der Waals surface area contributed by atoms with Crippen molar-refractivity contribution in [1.29, 1.82) is 0 Å². The zero-order valence-corrected chi connectivity index (χ0v) is 10.1. The van der Waals surface area contributed by atoms with Crippen LogP contribution in [0.15, 0.2) is 33.2 Å². The predicted octanol–water partition coefficient (Wildman–Crippen LogP) is 1.52. The maximum Gasteiger partial charge on any atom is 0.252 e. The van der Waals surface area contributed by atoms with Crippen LogP contribution in [0.25, 0.3) is 0 Å². The molecule has 2 heterocycles. The summed E-state index contributed by atoms with van der Waals surface area (Å²) in [5, 5.41) is 0.721. The second-order valence-electron chi connectivity index (χ2n) is 3.10. The van der Waals surface area contributed by atoms with Gasteiger partial charge in [0.1, 0.15) is 5.76 Å². The lowest BCUT2D eigenvalue weighted by molar-refractivity contribution is 0.499. The fourth-order valence-corrected chi connectivity index (χ4v) is 3.26. The highest BCUT2D eigenvalue weighted by atomic mass is 32.2. The molecule has 0 amide bonds. The number of nitrogens with one attached hydrogen (secondary N) is 1. The van der Waals surface area contributed by atoms with Crippen LogP contribution in [-0.2, 0) is 16.6 Å². The van der Waals surface area contributed by atoms with Gasteiger partial charge >= 0.3 is 0 Å². The summed E-state index contributed by atoms with van der Waals surface area (Å²) in [6, 6.07) is 3.42. The van der Waals surface area contributed by atoms with Crippen LogP contribution in [-0.4, -0.2) is 13.4 Å². The van der Waals surface area contributed by atoms with E-state index in [2.05, 4.69) is 9.71 Å².